The molecule has 0 aromatic carbocycles. The van der Waals surface area contributed by atoms with Gasteiger partial charge < -0.3 is 15.8 Å². The maximum Gasteiger partial charge on any atom is 0.227 e. The summed E-state index contributed by atoms with van der Waals surface area (Å²) in [4.78, 5) is 12.5. The number of carbonyl (C=O) groups is 1. The van der Waals surface area contributed by atoms with Crippen LogP contribution in [0.25, 0.3) is 0 Å². The van der Waals surface area contributed by atoms with Gasteiger partial charge in [-0.2, -0.15) is 0 Å². The molecule has 102 valence electrons. The van der Waals surface area contributed by atoms with Gasteiger partial charge >= 0.3 is 0 Å². The number of fused-ring (bicyclic) bond motifs is 2. The van der Waals surface area contributed by atoms with Crippen molar-refractivity contribution >= 4 is 5.91 Å². The first-order chi connectivity index (χ1) is 8.73. The van der Waals surface area contributed by atoms with Gasteiger partial charge in [-0.25, -0.2) is 0 Å². The van der Waals surface area contributed by atoms with Crippen LogP contribution >= 0.6 is 0 Å². The highest BCUT2D eigenvalue weighted by atomic mass is 16.5. The number of hydrogen-bond acceptors (Lipinski definition) is 3. The van der Waals surface area contributed by atoms with E-state index in [1.807, 2.05) is 0 Å². The van der Waals surface area contributed by atoms with Gasteiger partial charge in [0.1, 0.15) is 0 Å². The average molecular weight is 252 g/mol. The second-order valence-corrected chi connectivity index (χ2v) is 6.35. The third-order valence-corrected chi connectivity index (χ3v) is 5.38. The second kappa shape index (κ2) is 4.82. The summed E-state index contributed by atoms with van der Waals surface area (Å²) in [5.41, 5.74) is 5.51. The maximum absolute atomic E-state index is 12.5. The van der Waals surface area contributed by atoms with Crippen molar-refractivity contribution in [2.45, 2.75) is 44.6 Å². The van der Waals surface area contributed by atoms with Crippen molar-refractivity contribution in [1.82, 2.24) is 5.32 Å². The van der Waals surface area contributed by atoms with Gasteiger partial charge in [-0.15, -0.1) is 0 Å². The zero-order valence-electron chi connectivity index (χ0n) is 11.0. The minimum atomic E-state index is -0.361. The molecule has 18 heavy (non-hydrogen) atoms. The quantitative estimate of drug-likeness (QED) is 0.789. The van der Waals surface area contributed by atoms with Gasteiger partial charge in [0.05, 0.1) is 5.41 Å². The molecule has 3 atom stereocenters. The third-order valence-electron chi connectivity index (χ3n) is 5.38. The van der Waals surface area contributed by atoms with Gasteiger partial charge in [-0.1, -0.05) is 6.42 Å². The fraction of sp³-hybridized carbons (Fsp3) is 0.929. The predicted octanol–water partition coefficient (Wildman–Crippen LogP) is 1.05. The highest BCUT2D eigenvalue weighted by Crippen LogP contribution is 2.45. The van der Waals surface area contributed by atoms with Crippen LogP contribution in [0.3, 0.4) is 0 Å². The average Bonchev–Trinajstić information content (AvgIpc) is 3.01. The number of nitrogens with one attached hydrogen (secondary N) is 1. The molecule has 3 N–H and O–H groups in total. The zero-order valence-corrected chi connectivity index (χ0v) is 11.0. The first-order valence-corrected chi connectivity index (χ1v) is 7.32. The Morgan fingerprint density at radius 2 is 2.06 bits per heavy atom. The molecule has 0 aromatic rings. The first-order valence-electron chi connectivity index (χ1n) is 7.32. The molecule has 0 radical (unpaired) electrons. The highest BCUT2D eigenvalue weighted by Gasteiger charge is 2.44. The van der Waals surface area contributed by atoms with E-state index in [0.717, 1.165) is 24.7 Å². The molecule has 1 saturated heterocycles. The number of carbonyl (C=O) groups excluding carboxylic acids is 1. The van der Waals surface area contributed by atoms with Crippen LogP contribution in [0.1, 0.15) is 38.5 Å². The van der Waals surface area contributed by atoms with Crippen molar-refractivity contribution in [2.75, 3.05) is 19.8 Å². The molecule has 1 aliphatic heterocycles. The van der Waals surface area contributed by atoms with Crippen molar-refractivity contribution in [3.63, 3.8) is 0 Å². The molecule has 3 aliphatic rings. The van der Waals surface area contributed by atoms with Crippen LogP contribution in [0.2, 0.25) is 0 Å². The van der Waals surface area contributed by atoms with E-state index in [1.54, 1.807) is 0 Å². The van der Waals surface area contributed by atoms with E-state index in [0.29, 0.717) is 25.8 Å². The van der Waals surface area contributed by atoms with Crippen LogP contribution in [-0.2, 0) is 9.53 Å². The van der Waals surface area contributed by atoms with E-state index in [2.05, 4.69) is 5.32 Å². The minimum Gasteiger partial charge on any atom is -0.381 e. The minimum absolute atomic E-state index is 0.186. The smallest absolute Gasteiger partial charge is 0.227 e. The van der Waals surface area contributed by atoms with Crippen molar-refractivity contribution in [3.8, 4) is 0 Å². The van der Waals surface area contributed by atoms with Crippen LogP contribution in [0, 0.1) is 17.3 Å². The van der Waals surface area contributed by atoms with E-state index in [-0.39, 0.29) is 11.3 Å². The standard InChI is InChI=1S/C14H24N2O2/c15-9-14(3-5-18-6-4-14)13(17)16-12-8-10-1-2-11(12)7-10/h10-12H,1-9,15H2,(H,16,17). The molecule has 2 aliphatic carbocycles. The molecular weight excluding hydrogens is 228 g/mol. The first kappa shape index (κ1) is 12.4. The molecule has 2 saturated carbocycles. The molecule has 1 amide bonds. The Labute approximate surface area is 109 Å². The summed E-state index contributed by atoms with van der Waals surface area (Å²) in [7, 11) is 0. The summed E-state index contributed by atoms with van der Waals surface area (Å²) >= 11 is 0. The van der Waals surface area contributed by atoms with Gasteiger partial charge in [0, 0.05) is 25.8 Å². The fourth-order valence-corrected chi connectivity index (χ4v) is 4.03. The van der Waals surface area contributed by atoms with Crippen molar-refractivity contribution < 1.29 is 9.53 Å². The SMILES string of the molecule is NCC1(C(=O)NC2CC3CCC2C3)CCOCC1. The van der Waals surface area contributed by atoms with Gasteiger partial charge in [0.25, 0.3) is 0 Å². The maximum atomic E-state index is 12.5. The van der Waals surface area contributed by atoms with Gasteiger partial charge in [-0.05, 0) is 43.9 Å². The predicted molar refractivity (Wildman–Crippen MR) is 68.9 cm³/mol. The van der Waals surface area contributed by atoms with E-state index >= 15 is 0 Å². The van der Waals surface area contributed by atoms with E-state index in [1.165, 1.54) is 25.7 Å². The summed E-state index contributed by atoms with van der Waals surface area (Å²) in [6.45, 7) is 1.78. The largest absolute Gasteiger partial charge is 0.381 e. The Morgan fingerprint density at radius 1 is 1.28 bits per heavy atom. The fourth-order valence-electron chi connectivity index (χ4n) is 4.03. The molecule has 3 unspecified atom stereocenters. The lowest BCUT2D eigenvalue weighted by Crippen LogP contribution is -2.52. The van der Waals surface area contributed by atoms with E-state index < -0.39 is 0 Å². The van der Waals surface area contributed by atoms with E-state index in [9.17, 15) is 4.79 Å². The molecule has 3 rings (SSSR count). The normalized spacial score (nSPS) is 37.7. The van der Waals surface area contributed by atoms with Crippen LogP contribution in [0.15, 0.2) is 0 Å². The molecule has 2 bridgehead atoms. The monoisotopic (exact) mass is 252 g/mol. The van der Waals surface area contributed by atoms with Crippen LogP contribution in [0.4, 0.5) is 0 Å². The Bertz CT molecular complexity index is 326. The van der Waals surface area contributed by atoms with E-state index in [4.69, 9.17) is 10.5 Å². The topological polar surface area (TPSA) is 64.4 Å². The molecule has 0 spiro atoms. The second-order valence-electron chi connectivity index (χ2n) is 6.35. The Balaban J connectivity index is 1.63. The summed E-state index contributed by atoms with van der Waals surface area (Å²) in [5, 5.41) is 3.30. The van der Waals surface area contributed by atoms with Crippen molar-refractivity contribution in [2.24, 2.45) is 23.0 Å². The number of ether oxygens (including phenoxy) is 1. The van der Waals surface area contributed by atoms with Crippen LogP contribution in [-0.4, -0.2) is 31.7 Å². The summed E-state index contributed by atoms with van der Waals surface area (Å²) < 4.78 is 5.36. The van der Waals surface area contributed by atoms with Gasteiger partial charge in [0.2, 0.25) is 5.91 Å². The Kier molecular flexibility index (Phi) is 3.32. The zero-order chi connectivity index (χ0) is 12.6. The van der Waals surface area contributed by atoms with Gasteiger partial charge in [-0.3, -0.25) is 4.79 Å². The molecule has 1 heterocycles. The number of nitrogens with two attached hydrogens (primary N) is 1. The number of hydrogen-bond donors (Lipinski definition) is 2. The molecule has 4 nitrogen and oxygen atoms in total. The third kappa shape index (κ3) is 2.05. The van der Waals surface area contributed by atoms with Crippen LogP contribution < -0.4 is 11.1 Å². The molecule has 0 aromatic heterocycles. The number of amides is 1. The van der Waals surface area contributed by atoms with Crippen molar-refractivity contribution in [3.05, 3.63) is 0 Å². The molecule has 4 heteroatoms. The lowest BCUT2D eigenvalue weighted by atomic mass is 9.79. The lowest BCUT2D eigenvalue weighted by Gasteiger charge is -2.36. The lowest BCUT2D eigenvalue weighted by molar-refractivity contribution is -0.137. The molecule has 3 fully saturated rings. The Morgan fingerprint density at radius 3 is 2.61 bits per heavy atom. The molecular formula is C14H24N2O2. The summed E-state index contributed by atoms with van der Waals surface area (Å²) in [5.74, 6) is 1.78. The van der Waals surface area contributed by atoms with Crippen molar-refractivity contribution in [1.29, 1.82) is 0 Å². The number of rotatable bonds is 3. The van der Waals surface area contributed by atoms with Gasteiger partial charge in [0.15, 0.2) is 0 Å². The highest BCUT2D eigenvalue weighted by molar-refractivity contribution is 5.83. The summed E-state index contributed by atoms with van der Waals surface area (Å²) in [6, 6.07) is 0.419. The summed E-state index contributed by atoms with van der Waals surface area (Å²) in [6.07, 6.45) is 6.73. The van der Waals surface area contributed by atoms with Crippen LogP contribution in [0.5, 0.6) is 0 Å². The Hall–Kier alpha value is -0.610.